The highest BCUT2D eigenvalue weighted by molar-refractivity contribution is 5.73. The quantitative estimate of drug-likeness (QED) is 0.0896. The van der Waals surface area contributed by atoms with Crippen LogP contribution in [0.3, 0.4) is 0 Å². The Labute approximate surface area is 240 Å². The van der Waals surface area contributed by atoms with Gasteiger partial charge in [0.2, 0.25) is 6.29 Å². The molecule has 0 spiro atoms. The van der Waals surface area contributed by atoms with Crippen LogP contribution >= 0.6 is 0 Å². The Bertz CT molecular complexity index is 658. The van der Waals surface area contributed by atoms with Gasteiger partial charge >= 0.3 is 11.9 Å². The van der Waals surface area contributed by atoms with E-state index in [4.69, 9.17) is 14.2 Å². The Morgan fingerprint density at radius 1 is 0.700 bits per heavy atom. The molecule has 1 fully saturated rings. The molecule has 0 aromatic rings. The van der Waals surface area contributed by atoms with Crippen molar-refractivity contribution in [3.63, 3.8) is 0 Å². The molecule has 1 rings (SSSR count). The first kappa shape index (κ1) is 36.7. The monoisotopic (exact) mass is 576 g/mol. The lowest BCUT2D eigenvalue weighted by Gasteiger charge is -2.39. The molecule has 5 N–H and O–H groups in total. The first-order chi connectivity index (χ1) is 19.2. The molecule has 40 heavy (non-hydrogen) atoms. The number of esters is 2. The summed E-state index contributed by atoms with van der Waals surface area (Å²) in [6.45, 7) is 3.68. The highest BCUT2D eigenvalue weighted by Gasteiger charge is 2.45. The maximum absolute atomic E-state index is 12.6. The molecular formula is C30H56O10. The average Bonchev–Trinajstić information content (AvgIpc) is 2.92. The van der Waals surface area contributed by atoms with Crippen LogP contribution in [0.15, 0.2) is 0 Å². The molecule has 1 heterocycles. The molecule has 1 aliphatic heterocycles. The summed E-state index contributed by atoms with van der Waals surface area (Å²) >= 11 is 0. The van der Waals surface area contributed by atoms with Crippen LogP contribution in [0.4, 0.5) is 0 Å². The summed E-state index contributed by atoms with van der Waals surface area (Å²) in [6.07, 6.45) is 6.64. The van der Waals surface area contributed by atoms with E-state index in [9.17, 15) is 35.1 Å². The van der Waals surface area contributed by atoms with Crippen LogP contribution in [0, 0.1) is 0 Å². The zero-order valence-corrected chi connectivity index (χ0v) is 24.8. The number of aliphatic hydroxyl groups is 5. The fourth-order valence-corrected chi connectivity index (χ4v) is 4.93. The summed E-state index contributed by atoms with van der Waals surface area (Å²) in [4.78, 5) is 25.2. The molecule has 0 radical (unpaired) electrons. The maximum atomic E-state index is 12.6. The van der Waals surface area contributed by atoms with Gasteiger partial charge < -0.3 is 39.7 Å². The molecule has 1 aliphatic rings. The zero-order chi connectivity index (χ0) is 29.8. The average molecular weight is 577 g/mol. The Hall–Kier alpha value is -1.30. The second-order valence-electron chi connectivity index (χ2n) is 11.2. The van der Waals surface area contributed by atoms with Crippen molar-refractivity contribution < 1.29 is 49.3 Å². The van der Waals surface area contributed by atoms with Crippen molar-refractivity contribution >= 4 is 11.9 Å². The Morgan fingerprint density at radius 2 is 1.23 bits per heavy atom. The van der Waals surface area contributed by atoms with Gasteiger partial charge in [0.25, 0.3) is 0 Å². The number of hydrogen-bond donors (Lipinski definition) is 5. The van der Waals surface area contributed by atoms with Crippen molar-refractivity contribution in [3.05, 3.63) is 0 Å². The lowest BCUT2D eigenvalue weighted by molar-refractivity contribution is -0.293. The molecule has 0 amide bonds. The molecule has 236 valence electrons. The number of hydrogen-bond acceptors (Lipinski definition) is 10. The van der Waals surface area contributed by atoms with Crippen LogP contribution in [-0.4, -0.2) is 87.0 Å². The van der Waals surface area contributed by atoms with Crippen molar-refractivity contribution in [1.29, 1.82) is 0 Å². The van der Waals surface area contributed by atoms with E-state index in [1.807, 2.05) is 0 Å². The molecule has 0 aliphatic carbocycles. The number of rotatable bonds is 23. The summed E-state index contributed by atoms with van der Waals surface area (Å²) in [5.74, 6) is -1.39. The molecular weight excluding hydrogens is 520 g/mol. The van der Waals surface area contributed by atoms with Crippen LogP contribution in [-0.2, 0) is 23.8 Å². The van der Waals surface area contributed by atoms with E-state index in [0.717, 1.165) is 51.4 Å². The highest BCUT2D eigenvalue weighted by atomic mass is 16.7. The molecule has 0 aromatic carbocycles. The molecule has 0 unspecified atom stereocenters. The number of aliphatic hydroxyl groups excluding tert-OH is 5. The van der Waals surface area contributed by atoms with Crippen LogP contribution in [0.5, 0.6) is 0 Å². The minimum Gasteiger partial charge on any atom is -0.462 e. The fraction of sp³-hybridized carbons (Fsp3) is 0.933. The van der Waals surface area contributed by atoms with Crippen molar-refractivity contribution in [3.8, 4) is 0 Å². The summed E-state index contributed by atoms with van der Waals surface area (Å²) in [6, 6.07) is 0. The Kier molecular flexibility index (Phi) is 20.5. The lowest BCUT2D eigenvalue weighted by Crippen LogP contribution is -2.59. The standard InChI is InChI=1S/C30H56O10/c1-3-5-7-9-10-11-12-14-15-17-22(32)19-25(33)38-23(18-16-13-8-6-4-2)20-26(34)40-30-29(37)28(36)27(35)24(21-31)39-30/h22-24,27-32,35-37H,3-21H2,1-2H3/t22-,23-,24-,27-,28+,29-,30+/m1/s1. The topological polar surface area (TPSA) is 163 Å². The second-order valence-corrected chi connectivity index (χ2v) is 11.2. The van der Waals surface area contributed by atoms with Crippen LogP contribution in [0.25, 0.3) is 0 Å². The van der Waals surface area contributed by atoms with E-state index in [-0.39, 0.29) is 12.8 Å². The molecule has 7 atom stereocenters. The SMILES string of the molecule is CCCCCCCCCCC[C@@H](O)CC(=O)O[C@H](CCCCCCC)CC(=O)O[C@@H]1O[C@H](CO)[C@@H](O)[C@H](O)[C@H]1O. The predicted molar refractivity (Wildman–Crippen MR) is 150 cm³/mol. The molecule has 10 heteroatoms. The Balaban J connectivity index is 2.49. The third-order valence-corrected chi connectivity index (χ3v) is 7.46. The van der Waals surface area contributed by atoms with Gasteiger partial charge in [0.1, 0.15) is 30.5 Å². The number of ether oxygens (including phenoxy) is 3. The third-order valence-electron chi connectivity index (χ3n) is 7.46. The van der Waals surface area contributed by atoms with E-state index in [2.05, 4.69) is 13.8 Å². The van der Waals surface area contributed by atoms with E-state index in [1.54, 1.807) is 0 Å². The van der Waals surface area contributed by atoms with Crippen LogP contribution in [0.2, 0.25) is 0 Å². The zero-order valence-electron chi connectivity index (χ0n) is 24.8. The van der Waals surface area contributed by atoms with Crippen LogP contribution < -0.4 is 0 Å². The van der Waals surface area contributed by atoms with Gasteiger partial charge in [0, 0.05) is 0 Å². The van der Waals surface area contributed by atoms with E-state index in [0.29, 0.717) is 12.8 Å². The minimum atomic E-state index is -1.70. The van der Waals surface area contributed by atoms with Gasteiger partial charge in [-0.1, -0.05) is 97.3 Å². The Morgan fingerprint density at radius 3 is 1.77 bits per heavy atom. The minimum absolute atomic E-state index is 0.148. The first-order valence-electron chi connectivity index (χ1n) is 15.6. The number of unbranched alkanes of at least 4 members (excludes halogenated alkanes) is 12. The largest absolute Gasteiger partial charge is 0.462 e. The molecule has 0 aromatic heterocycles. The summed E-state index contributed by atoms with van der Waals surface area (Å²) in [5, 5.41) is 49.6. The van der Waals surface area contributed by atoms with E-state index in [1.165, 1.54) is 38.5 Å². The number of carbonyl (C=O) groups is 2. The van der Waals surface area contributed by atoms with Crippen molar-refractivity contribution in [2.75, 3.05) is 6.61 Å². The molecule has 1 saturated heterocycles. The van der Waals surface area contributed by atoms with Crippen molar-refractivity contribution in [2.24, 2.45) is 0 Å². The summed E-state index contributed by atoms with van der Waals surface area (Å²) in [7, 11) is 0. The van der Waals surface area contributed by atoms with E-state index < -0.39 is 61.5 Å². The summed E-state index contributed by atoms with van der Waals surface area (Å²) in [5.41, 5.74) is 0. The van der Waals surface area contributed by atoms with Gasteiger partial charge in [0.15, 0.2) is 0 Å². The van der Waals surface area contributed by atoms with Crippen molar-refractivity contribution in [1.82, 2.24) is 0 Å². The molecule has 0 bridgehead atoms. The summed E-state index contributed by atoms with van der Waals surface area (Å²) < 4.78 is 16.0. The van der Waals surface area contributed by atoms with Gasteiger partial charge in [-0.3, -0.25) is 9.59 Å². The predicted octanol–water partition coefficient (Wildman–Crippen LogP) is 3.66. The lowest BCUT2D eigenvalue weighted by atomic mass is 9.99. The third kappa shape index (κ3) is 15.6. The van der Waals surface area contributed by atoms with Gasteiger partial charge in [0.05, 0.1) is 25.6 Å². The molecule has 0 saturated carbocycles. The van der Waals surface area contributed by atoms with Gasteiger partial charge in [-0.25, -0.2) is 0 Å². The smallest absolute Gasteiger partial charge is 0.311 e. The normalized spacial score (nSPS) is 24.4. The number of carbonyl (C=O) groups excluding carboxylic acids is 2. The first-order valence-corrected chi connectivity index (χ1v) is 15.6. The van der Waals surface area contributed by atoms with Gasteiger partial charge in [-0.15, -0.1) is 0 Å². The highest BCUT2D eigenvalue weighted by Crippen LogP contribution is 2.23. The van der Waals surface area contributed by atoms with Gasteiger partial charge in [-0.2, -0.15) is 0 Å². The van der Waals surface area contributed by atoms with Gasteiger partial charge in [-0.05, 0) is 19.3 Å². The van der Waals surface area contributed by atoms with Crippen LogP contribution in [0.1, 0.15) is 129 Å². The fourth-order valence-electron chi connectivity index (χ4n) is 4.93. The van der Waals surface area contributed by atoms with Crippen molar-refractivity contribution in [2.45, 2.75) is 172 Å². The van der Waals surface area contributed by atoms with E-state index >= 15 is 0 Å². The molecule has 10 nitrogen and oxygen atoms in total. The maximum Gasteiger partial charge on any atom is 0.311 e. The second kappa shape index (κ2) is 22.3.